The zero-order chi connectivity index (χ0) is 17.7. The summed E-state index contributed by atoms with van der Waals surface area (Å²) in [5.74, 6) is 0.762. The van der Waals surface area contributed by atoms with Crippen LogP contribution < -0.4 is 4.74 Å². The Hall–Kier alpha value is -1.12. The van der Waals surface area contributed by atoms with Gasteiger partial charge in [0.1, 0.15) is 15.6 Å². The molecule has 0 aliphatic carbocycles. The molecule has 1 aromatic carbocycles. The van der Waals surface area contributed by atoms with Crippen molar-refractivity contribution in [2.75, 3.05) is 44.7 Å². The van der Waals surface area contributed by atoms with E-state index in [1.54, 1.807) is 11.8 Å². The number of nitrogens with zero attached hydrogens (tertiary/aromatic N) is 2. The third-order valence-corrected chi connectivity index (χ3v) is 5.34. The van der Waals surface area contributed by atoms with Crippen molar-refractivity contribution in [3.8, 4) is 5.75 Å². The average Bonchev–Trinajstić information content (AvgIpc) is 2.52. The van der Waals surface area contributed by atoms with E-state index < -0.39 is 15.9 Å². The van der Waals surface area contributed by atoms with Crippen molar-refractivity contribution in [2.45, 2.75) is 13.0 Å². The molecule has 6 nitrogen and oxygen atoms in total. The zero-order valence-corrected chi connectivity index (χ0v) is 16.3. The molecule has 24 heavy (non-hydrogen) atoms. The van der Waals surface area contributed by atoms with Crippen LogP contribution in [-0.2, 0) is 14.6 Å². The Bertz CT molecular complexity index is 672. The molecule has 0 N–H and O–H groups in total. The highest BCUT2D eigenvalue weighted by Gasteiger charge is 2.26. The number of hydrogen-bond acceptors (Lipinski definition) is 5. The highest BCUT2D eigenvalue weighted by molar-refractivity contribution is 9.10. The summed E-state index contributed by atoms with van der Waals surface area (Å²) in [7, 11) is -2.95. The molecular formula is C16H23BrN2O4S. The Morgan fingerprint density at radius 3 is 2.54 bits per heavy atom. The second-order valence-electron chi connectivity index (χ2n) is 6.01. The molecule has 0 saturated carbocycles. The molecule has 1 atom stereocenters. The molecule has 8 heteroatoms. The SMILES string of the molecule is CC(Oc1cccc(Br)c1)C(=O)N1CCN(CCS(C)(=O)=O)CC1. The van der Waals surface area contributed by atoms with Crippen LogP contribution in [0.1, 0.15) is 6.92 Å². The van der Waals surface area contributed by atoms with Crippen molar-refractivity contribution in [3.63, 3.8) is 0 Å². The number of hydrogen-bond donors (Lipinski definition) is 0. The van der Waals surface area contributed by atoms with Crippen LogP contribution in [-0.4, -0.2) is 75.0 Å². The van der Waals surface area contributed by atoms with Crippen molar-refractivity contribution >= 4 is 31.7 Å². The number of amides is 1. The van der Waals surface area contributed by atoms with Crippen LogP contribution in [0.3, 0.4) is 0 Å². The average molecular weight is 419 g/mol. The number of ether oxygens (including phenoxy) is 1. The van der Waals surface area contributed by atoms with Crippen LogP contribution in [0, 0.1) is 0 Å². The lowest BCUT2D eigenvalue weighted by molar-refractivity contribution is -0.139. The van der Waals surface area contributed by atoms with E-state index in [2.05, 4.69) is 20.8 Å². The molecule has 1 saturated heterocycles. The Morgan fingerprint density at radius 1 is 1.29 bits per heavy atom. The normalized spacial score (nSPS) is 17.5. The maximum absolute atomic E-state index is 12.5. The minimum absolute atomic E-state index is 0.0438. The summed E-state index contributed by atoms with van der Waals surface area (Å²) in [6.07, 6.45) is 0.690. The molecular weight excluding hydrogens is 396 g/mol. The Morgan fingerprint density at radius 2 is 1.96 bits per heavy atom. The summed E-state index contributed by atoms with van der Waals surface area (Å²) in [6, 6.07) is 7.40. The second kappa shape index (κ2) is 8.31. The summed E-state index contributed by atoms with van der Waals surface area (Å²) < 4.78 is 29.1. The molecule has 0 radical (unpaired) electrons. The van der Waals surface area contributed by atoms with Crippen LogP contribution in [0.25, 0.3) is 0 Å². The minimum atomic E-state index is -2.95. The lowest BCUT2D eigenvalue weighted by Crippen LogP contribution is -2.52. The quantitative estimate of drug-likeness (QED) is 0.698. The van der Waals surface area contributed by atoms with E-state index in [9.17, 15) is 13.2 Å². The van der Waals surface area contributed by atoms with Crippen LogP contribution in [0.5, 0.6) is 5.75 Å². The van der Waals surface area contributed by atoms with Gasteiger partial charge in [-0.2, -0.15) is 0 Å². The molecule has 1 heterocycles. The topological polar surface area (TPSA) is 66.9 Å². The van der Waals surface area contributed by atoms with E-state index >= 15 is 0 Å². The lowest BCUT2D eigenvalue weighted by atomic mass is 10.2. The Balaban J connectivity index is 1.81. The Labute approximate surface area is 151 Å². The van der Waals surface area contributed by atoms with Crippen molar-refractivity contribution in [1.82, 2.24) is 9.80 Å². The predicted octanol–water partition coefficient (Wildman–Crippen LogP) is 1.41. The highest BCUT2D eigenvalue weighted by Crippen LogP contribution is 2.19. The fourth-order valence-electron chi connectivity index (χ4n) is 2.54. The molecule has 1 fully saturated rings. The molecule has 2 rings (SSSR count). The summed E-state index contributed by atoms with van der Waals surface area (Å²) >= 11 is 3.38. The van der Waals surface area contributed by atoms with Gasteiger partial charge in [-0.25, -0.2) is 8.42 Å². The molecule has 1 aliphatic rings. The first-order valence-electron chi connectivity index (χ1n) is 7.86. The molecule has 0 spiro atoms. The van der Waals surface area contributed by atoms with Crippen molar-refractivity contribution in [2.24, 2.45) is 0 Å². The summed E-state index contributed by atoms with van der Waals surface area (Å²) in [5.41, 5.74) is 0. The van der Waals surface area contributed by atoms with Gasteiger partial charge >= 0.3 is 0 Å². The van der Waals surface area contributed by atoms with Gasteiger partial charge in [0.05, 0.1) is 5.75 Å². The van der Waals surface area contributed by atoms with E-state index in [-0.39, 0.29) is 11.7 Å². The smallest absolute Gasteiger partial charge is 0.263 e. The third kappa shape index (κ3) is 6.07. The first kappa shape index (κ1) is 19.2. The van der Waals surface area contributed by atoms with Gasteiger partial charge in [-0.15, -0.1) is 0 Å². The first-order chi connectivity index (χ1) is 11.2. The summed E-state index contributed by atoms with van der Waals surface area (Å²) in [4.78, 5) is 16.3. The number of halogens is 1. The van der Waals surface area contributed by atoms with Crippen LogP contribution in [0.2, 0.25) is 0 Å². The van der Waals surface area contributed by atoms with Gasteiger partial charge in [-0.05, 0) is 25.1 Å². The molecule has 0 bridgehead atoms. The molecule has 134 valence electrons. The largest absolute Gasteiger partial charge is 0.481 e. The molecule has 1 aromatic rings. The van der Waals surface area contributed by atoms with Crippen LogP contribution in [0.4, 0.5) is 0 Å². The predicted molar refractivity (Wildman–Crippen MR) is 97.0 cm³/mol. The number of carbonyl (C=O) groups is 1. The van der Waals surface area contributed by atoms with Crippen molar-refractivity contribution in [3.05, 3.63) is 28.7 Å². The van der Waals surface area contributed by atoms with Gasteiger partial charge in [0.15, 0.2) is 6.10 Å². The summed E-state index contributed by atoms with van der Waals surface area (Å²) in [6.45, 7) is 4.82. The maximum atomic E-state index is 12.5. The number of piperazine rings is 1. The standard InChI is InChI=1S/C16H23BrN2O4S/c1-13(23-15-5-3-4-14(17)12-15)16(20)19-8-6-18(7-9-19)10-11-24(2,21)22/h3-5,12-13H,6-11H2,1-2H3. The van der Waals surface area contributed by atoms with Gasteiger partial charge in [0, 0.05) is 43.5 Å². The molecule has 0 aromatic heterocycles. The number of rotatable bonds is 6. The number of benzene rings is 1. The van der Waals surface area contributed by atoms with Gasteiger partial charge in [-0.3, -0.25) is 9.69 Å². The van der Waals surface area contributed by atoms with Gasteiger partial charge in [-0.1, -0.05) is 22.0 Å². The highest BCUT2D eigenvalue weighted by atomic mass is 79.9. The first-order valence-corrected chi connectivity index (χ1v) is 10.7. The third-order valence-electron chi connectivity index (χ3n) is 3.92. The number of carbonyl (C=O) groups excluding carboxylic acids is 1. The van der Waals surface area contributed by atoms with E-state index in [0.29, 0.717) is 38.5 Å². The van der Waals surface area contributed by atoms with E-state index in [0.717, 1.165) is 4.47 Å². The molecule has 1 unspecified atom stereocenters. The Kier molecular flexibility index (Phi) is 6.65. The summed E-state index contributed by atoms with van der Waals surface area (Å²) in [5, 5.41) is 0. The van der Waals surface area contributed by atoms with E-state index in [4.69, 9.17) is 4.74 Å². The second-order valence-corrected chi connectivity index (χ2v) is 9.19. The van der Waals surface area contributed by atoms with Gasteiger partial charge < -0.3 is 9.64 Å². The molecule has 1 aliphatic heterocycles. The van der Waals surface area contributed by atoms with Crippen LogP contribution in [0.15, 0.2) is 28.7 Å². The lowest BCUT2D eigenvalue weighted by Gasteiger charge is -2.35. The van der Waals surface area contributed by atoms with Gasteiger partial charge in [0.25, 0.3) is 5.91 Å². The molecule has 1 amide bonds. The minimum Gasteiger partial charge on any atom is -0.481 e. The van der Waals surface area contributed by atoms with Crippen molar-refractivity contribution in [1.29, 1.82) is 0 Å². The van der Waals surface area contributed by atoms with E-state index in [1.807, 2.05) is 24.3 Å². The monoisotopic (exact) mass is 418 g/mol. The van der Waals surface area contributed by atoms with Crippen LogP contribution >= 0.6 is 15.9 Å². The fraction of sp³-hybridized carbons (Fsp3) is 0.562. The number of sulfone groups is 1. The van der Waals surface area contributed by atoms with Crippen molar-refractivity contribution < 1.29 is 17.9 Å². The van der Waals surface area contributed by atoms with E-state index in [1.165, 1.54) is 6.26 Å². The maximum Gasteiger partial charge on any atom is 0.263 e. The van der Waals surface area contributed by atoms with Gasteiger partial charge in [0.2, 0.25) is 0 Å². The fourth-order valence-corrected chi connectivity index (χ4v) is 3.51. The zero-order valence-electron chi connectivity index (χ0n) is 13.9.